The van der Waals surface area contributed by atoms with E-state index in [2.05, 4.69) is 9.82 Å². The second-order valence-corrected chi connectivity index (χ2v) is 5.94. The first kappa shape index (κ1) is 12.7. The molecular formula is C9H14N4O2S. The van der Waals surface area contributed by atoms with Gasteiger partial charge in [-0.1, -0.05) is 0 Å². The van der Waals surface area contributed by atoms with Crippen LogP contribution >= 0.6 is 0 Å². The van der Waals surface area contributed by atoms with Gasteiger partial charge >= 0.3 is 0 Å². The number of sulfonamides is 1. The summed E-state index contributed by atoms with van der Waals surface area (Å²) in [7, 11) is -1.93. The second-order valence-electron chi connectivity index (χ2n) is 4.17. The van der Waals surface area contributed by atoms with Gasteiger partial charge in [-0.2, -0.15) is 10.4 Å². The van der Waals surface area contributed by atoms with Crippen LogP contribution in [0.4, 0.5) is 0 Å². The fourth-order valence-electron chi connectivity index (χ4n) is 0.936. The van der Waals surface area contributed by atoms with Crippen LogP contribution in [0.1, 0.15) is 13.8 Å². The molecule has 88 valence electrons. The van der Waals surface area contributed by atoms with Crippen LogP contribution in [0, 0.1) is 16.7 Å². The van der Waals surface area contributed by atoms with Crippen molar-refractivity contribution in [3.8, 4) is 6.07 Å². The number of aryl methyl sites for hydroxylation is 1. The zero-order valence-electron chi connectivity index (χ0n) is 9.43. The van der Waals surface area contributed by atoms with E-state index in [9.17, 15) is 8.42 Å². The van der Waals surface area contributed by atoms with Crippen LogP contribution in [0.2, 0.25) is 0 Å². The van der Waals surface area contributed by atoms with E-state index < -0.39 is 15.4 Å². The van der Waals surface area contributed by atoms with Gasteiger partial charge in [-0.3, -0.25) is 4.68 Å². The molecule has 0 aromatic carbocycles. The van der Waals surface area contributed by atoms with Gasteiger partial charge in [-0.05, 0) is 13.8 Å². The molecule has 1 aromatic heterocycles. The lowest BCUT2D eigenvalue weighted by Crippen LogP contribution is -2.33. The highest BCUT2D eigenvalue weighted by molar-refractivity contribution is 7.89. The van der Waals surface area contributed by atoms with E-state index in [1.807, 2.05) is 6.07 Å². The first-order valence-electron chi connectivity index (χ1n) is 4.66. The number of nitrogens with zero attached hydrogens (tertiary/aromatic N) is 3. The maximum atomic E-state index is 11.7. The third-order valence-electron chi connectivity index (χ3n) is 2.00. The van der Waals surface area contributed by atoms with E-state index in [0.717, 1.165) is 0 Å². The van der Waals surface area contributed by atoms with Crippen molar-refractivity contribution in [2.45, 2.75) is 18.7 Å². The quantitative estimate of drug-likeness (QED) is 0.819. The van der Waals surface area contributed by atoms with Gasteiger partial charge in [0.2, 0.25) is 10.0 Å². The largest absolute Gasteiger partial charge is 0.274 e. The number of hydrogen-bond donors (Lipinski definition) is 1. The standard InChI is InChI=1S/C9H14N4O2S/c1-9(2,6-10)7-12-16(14,15)8-4-11-13(3)5-8/h4-5,12H,7H2,1-3H3. The van der Waals surface area contributed by atoms with Crippen molar-refractivity contribution < 1.29 is 8.42 Å². The molecule has 0 saturated heterocycles. The van der Waals surface area contributed by atoms with Crippen molar-refractivity contribution in [1.29, 1.82) is 5.26 Å². The van der Waals surface area contributed by atoms with Crippen molar-refractivity contribution in [2.24, 2.45) is 12.5 Å². The Kier molecular flexibility index (Phi) is 3.35. The first-order valence-corrected chi connectivity index (χ1v) is 6.15. The molecule has 6 nitrogen and oxygen atoms in total. The van der Waals surface area contributed by atoms with Gasteiger partial charge in [-0.15, -0.1) is 0 Å². The fourth-order valence-corrected chi connectivity index (χ4v) is 2.13. The van der Waals surface area contributed by atoms with E-state index in [1.54, 1.807) is 20.9 Å². The third-order valence-corrected chi connectivity index (χ3v) is 3.35. The van der Waals surface area contributed by atoms with Crippen molar-refractivity contribution in [3.63, 3.8) is 0 Å². The Bertz CT molecular complexity index is 510. The molecular weight excluding hydrogens is 228 g/mol. The van der Waals surface area contributed by atoms with Crippen molar-refractivity contribution in [1.82, 2.24) is 14.5 Å². The van der Waals surface area contributed by atoms with Crippen LogP contribution < -0.4 is 4.72 Å². The molecule has 7 heteroatoms. The van der Waals surface area contributed by atoms with E-state index in [4.69, 9.17) is 5.26 Å². The average molecular weight is 242 g/mol. The summed E-state index contributed by atoms with van der Waals surface area (Å²) in [5.41, 5.74) is -0.727. The topological polar surface area (TPSA) is 87.8 Å². The van der Waals surface area contributed by atoms with Crippen LogP contribution in [0.3, 0.4) is 0 Å². The zero-order valence-corrected chi connectivity index (χ0v) is 10.2. The van der Waals surface area contributed by atoms with Gasteiger partial charge in [-0.25, -0.2) is 13.1 Å². The summed E-state index contributed by atoms with van der Waals surface area (Å²) in [4.78, 5) is 0.101. The maximum Gasteiger partial charge on any atom is 0.243 e. The summed E-state index contributed by atoms with van der Waals surface area (Å²) in [6.45, 7) is 3.40. The molecule has 0 amide bonds. The Morgan fingerprint density at radius 1 is 1.62 bits per heavy atom. The minimum Gasteiger partial charge on any atom is -0.274 e. The lowest BCUT2D eigenvalue weighted by atomic mass is 9.97. The Morgan fingerprint density at radius 2 is 2.25 bits per heavy atom. The SMILES string of the molecule is Cn1cc(S(=O)(=O)NCC(C)(C)C#N)cn1. The summed E-state index contributed by atoms with van der Waals surface area (Å²) in [5.74, 6) is 0. The Balaban J connectivity index is 2.79. The van der Waals surface area contributed by atoms with Crippen molar-refractivity contribution >= 4 is 10.0 Å². The Morgan fingerprint density at radius 3 is 2.69 bits per heavy atom. The van der Waals surface area contributed by atoms with Crippen LogP contribution in [0.5, 0.6) is 0 Å². The van der Waals surface area contributed by atoms with Crippen LogP contribution in [0.15, 0.2) is 17.3 Å². The minimum absolute atomic E-state index is 0.0702. The van der Waals surface area contributed by atoms with Crippen LogP contribution in [0.25, 0.3) is 0 Å². The molecule has 1 heterocycles. The minimum atomic E-state index is -3.57. The zero-order chi connectivity index (χ0) is 12.4. The molecule has 0 aliphatic heterocycles. The summed E-state index contributed by atoms with van der Waals surface area (Å²) >= 11 is 0. The monoisotopic (exact) mass is 242 g/mol. The molecule has 1 rings (SSSR count). The molecule has 0 fully saturated rings. The van der Waals surface area contributed by atoms with Crippen LogP contribution in [-0.2, 0) is 17.1 Å². The third kappa shape index (κ3) is 3.05. The summed E-state index contributed by atoms with van der Waals surface area (Å²) in [5, 5.41) is 12.5. The smallest absolute Gasteiger partial charge is 0.243 e. The van der Waals surface area contributed by atoms with Crippen LogP contribution in [-0.4, -0.2) is 24.7 Å². The number of aromatic nitrogens is 2. The van der Waals surface area contributed by atoms with E-state index in [1.165, 1.54) is 17.1 Å². The normalized spacial score (nSPS) is 12.4. The number of rotatable bonds is 4. The van der Waals surface area contributed by atoms with E-state index in [0.29, 0.717) is 0 Å². The predicted octanol–water partition coefficient (Wildman–Crippen LogP) is 0.248. The van der Waals surface area contributed by atoms with Gasteiger partial charge in [0, 0.05) is 19.8 Å². The van der Waals surface area contributed by atoms with E-state index >= 15 is 0 Å². The Labute approximate surface area is 94.9 Å². The average Bonchev–Trinajstić information content (AvgIpc) is 2.63. The van der Waals surface area contributed by atoms with Gasteiger partial charge < -0.3 is 0 Å². The highest BCUT2D eigenvalue weighted by Crippen LogP contribution is 2.13. The predicted molar refractivity (Wildman–Crippen MR) is 57.8 cm³/mol. The fraction of sp³-hybridized carbons (Fsp3) is 0.556. The first-order chi connectivity index (χ1) is 7.27. The molecule has 1 N–H and O–H groups in total. The lowest BCUT2D eigenvalue weighted by molar-refractivity contribution is 0.479. The maximum absolute atomic E-state index is 11.7. The summed E-state index contributed by atoms with van der Waals surface area (Å²) in [6, 6.07) is 2.02. The van der Waals surface area contributed by atoms with E-state index in [-0.39, 0.29) is 11.4 Å². The highest BCUT2D eigenvalue weighted by atomic mass is 32.2. The molecule has 0 aliphatic carbocycles. The van der Waals surface area contributed by atoms with Crippen molar-refractivity contribution in [2.75, 3.05) is 6.54 Å². The van der Waals surface area contributed by atoms with Gasteiger partial charge in [0.1, 0.15) is 4.90 Å². The summed E-state index contributed by atoms with van der Waals surface area (Å²) < 4.78 is 27.3. The molecule has 0 bridgehead atoms. The molecule has 0 atom stereocenters. The number of hydrogen-bond acceptors (Lipinski definition) is 4. The molecule has 0 radical (unpaired) electrons. The molecule has 16 heavy (non-hydrogen) atoms. The number of nitriles is 1. The highest BCUT2D eigenvalue weighted by Gasteiger charge is 2.22. The van der Waals surface area contributed by atoms with Gasteiger partial charge in [0.15, 0.2) is 0 Å². The molecule has 1 aromatic rings. The number of nitrogens with one attached hydrogen (secondary N) is 1. The molecule has 0 saturated carbocycles. The Hall–Kier alpha value is -1.39. The van der Waals surface area contributed by atoms with Gasteiger partial charge in [0.25, 0.3) is 0 Å². The van der Waals surface area contributed by atoms with Gasteiger partial charge in [0.05, 0.1) is 17.7 Å². The molecule has 0 aliphatic rings. The van der Waals surface area contributed by atoms with Crippen molar-refractivity contribution in [3.05, 3.63) is 12.4 Å². The molecule has 0 unspecified atom stereocenters. The lowest BCUT2D eigenvalue weighted by Gasteiger charge is -2.15. The summed E-state index contributed by atoms with van der Waals surface area (Å²) in [6.07, 6.45) is 2.67. The molecule has 0 spiro atoms. The second kappa shape index (κ2) is 4.23.